The Kier molecular flexibility index (Phi) is 4.23. The first-order valence-electron chi connectivity index (χ1n) is 6.32. The lowest BCUT2D eigenvalue weighted by atomic mass is 10.1. The first-order valence-corrected chi connectivity index (χ1v) is 6.32. The van der Waals surface area contributed by atoms with Gasteiger partial charge in [0.1, 0.15) is 5.75 Å². The highest BCUT2D eigenvalue weighted by Crippen LogP contribution is 2.24. The largest absolute Gasteiger partial charge is 0.497 e. The van der Waals surface area contributed by atoms with E-state index < -0.39 is 0 Å². The molecule has 1 atom stereocenters. The SMILES string of the molecule is COc1ccc2[nH]cc(CC(C)NCCN)c2c1. The van der Waals surface area contributed by atoms with E-state index in [9.17, 15) is 0 Å². The maximum Gasteiger partial charge on any atom is 0.119 e. The van der Waals surface area contributed by atoms with Crippen LogP contribution in [0.2, 0.25) is 0 Å². The molecule has 1 heterocycles. The van der Waals surface area contributed by atoms with Gasteiger partial charge in [-0.3, -0.25) is 0 Å². The molecule has 4 heteroatoms. The third kappa shape index (κ3) is 2.83. The van der Waals surface area contributed by atoms with Gasteiger partial charge in [0.05, 0.1) is 7.11 Å². The second kappa shape index (κ2) is 5.89. The van der Waals surface area contributed by atoms with Crippen molar-refractivity contribution in [1.82, 2.24) is 10.3 Å². The number of nitrogens with two attached hydrogens (primary N) is 1. The van der Waals surface area contributed by atoms with E-state index in [1.165, 1.54) is 10.9 Å². The van der Waals surface area contributed by atoms with Crippen molar-refractivity contribution in [3.05, 3.63) is 30.0 Å². The summed E-state index contributed by atoms with van der Waals surface area (Å²) in [5.41, 5.74) is 7.95. The number of hydrogen-bond donors (Lipinski definition) is 3. The Hall–Kier alpha value is -1.52. The number of methoxy groups -OCH3 is 1. The van der Waals surface area contributed by atoms with Gasteiger partial charge in [-0.2, -0.15) is 0 Å². The molecule has 1 unspecified atom stereocenters. The Morgan fingerprint density at radius 2 is 2.28 bits per heavy atom. The molecule has 98 valence electrons. The van der Waals surface area contributed by atoms with Crippen molar-refractivity contribution in [3.8, 4) is 5.75 Å². The monoisotopic (exact) mass is 247 g/mol. The summed E-state index contributed by atoms with van der Waals surface area (Å²) in [7, 11) is 1.69. The van der Waals surface area contributed by atoms with E-state index in [-0.39, 0.29) is 0 Å². The Bertz CT molecular complexity index is 507. The van der Waals surface area contributed by atoms with E-state index in [4.69, 9.17) is 10.5 Å². The molecule has 2 rings (SSSR count). The van der Waals surface area contributed by atoms with Crippen LogP contribution in [0.25, 0.3) is 10.9 Å². The van der Waals surface area contributed by atoms with Crippen LogP contribution in [-0.2, 0) is 6.42 Å². The lowest BCUT2D eigenvalue weighted by Gasteiger charge is -2.12. The van der Waals surface area contributed by atoms with Crippen LogP contribution in [0, 0.1) is 0 Å². The highest BCUT2D eigenvalue weighted by atomic mass is 16.5. The fourth-order valence-electron chi connectivity index (χ4n) is 2.19. The van der Waals surface area contributed by atoms with Crippen LogP contribution in [-0.4, -0.2) is 31.2 Å². The van der Waals surface area contributed by atoms with Gasteiger partial charge in [0.25, 0.3) is 0 Å². The molecule has 0 radical (unpaired) electrons. The minimum absolute atomic E-state index is 0.416. The van der Waals surface area contributed by atoms with Crippen molar-refractivity contribution < 1.29 is 4.74 Å². The topological polar surface area (TPSA) is 63.1 Å². The van der Waals surface area contributed by atoms with Gasteiger partial charge in [-0.15, -0.1) is 0 Å². The van der Waals surface area contributed by atoms with Crippen LogP contribution >= 0.6 is 0 Å². The summed E-state index contributed by atoms with van der Waals surface area (Å²) in [6.07, 6.45) is 3.05. The number of nitrogens with one attached hydrogen (secondary N) is 2. The molecule has 18 heavy (non-hydrogen) atoms. The number of aromatic nitrogens is 1. The highest BCUT2D eigenvalue weighted by molar-refractivity contribution is 5.84. The van der Waals surface area contributed by atoms with Crippen molar-refractivity contribution in [3.63, 3.8) is 0 Å². The molecule has 0 bridgehead atoms. The molecule has 0 fully saturated rings. The number of aromatic amines is 1. The quantitative estimate of drug-likeness (QED) is 0.727. The molecule has 0 aliphatic carbocycles. The normalized spacial score (nSPS) is 12.8. The Balaban J connectivity index is 2.17. The van der Waals surface area contributed by atoms with Gasteiger partial charge < -0.3 is 20.8 Å². The Morgan fingerprint density at radius 3 is 3.00 bits per heavy atom. The molecular formula is C14H21N3O. The second-order valence-corrected chi connectivity index (χ2v) is 4.57. The van der Waals surface area contributed by atoms with Gasteiger partial charge in [-0.25, -0.2) is 0 Å². The molecule has 0 saturated carbocycles. The summed E-state index contributed by atoms with van der Waals surface area (Å²) in [6.45, 7) is 3.70. The second-order valence-electron chi connectivity index (χ2n) is 4.57. The zero-order valence-corrected chi connectivity index (χ0v) is 11.0. The van der Waals surface area contributed by atoms with Crippen LogP contribution in [0.4, 0.5) is 0 Å². The maximum atomic E-state index is 5.49. The molecule has 0 aliphatic rings. The van der Waals surface area contributed by atoms with Crippen LogP contribution in [0.3, 0.4) is 0 Å². The van der Waals surface area contributed by atoms with E-state index in [1.807, 2.05) is 6.07 Å². The van der Waals surface area contributed by atoms with E-state index >= 15 is 0 Å². The van der Waals surface area contributed by atoms with E-state index in [0.717, 1.165) is 24.2 Å². The molecule has 4 N–H and O–H groups in total. The van der Waals surface area contributed by atoms with E-state index in [1.54, 1.807) is 7.11 Å². The summed E-state index contributed by atoms with van der Waals surface area (Å²) in [4.78, 5) is 3.29. The first kappa shape index (κ1) is 12.9. The minimum Gasteiger partial charge on any atom is -0.497 e. The predicted octanol–water partition coefficient (Wildman–Crippen LogP) is 1.66. The third-order valence-corrected chi connectivity index (χ3v) is 3.14. The Labute approximate surface area is 108 Å². The zero-order valence-electron chi connectivity index (χ0n) is 11.0. The number of ether oxygens (including phenoxy) is 1. The minimum atomic E-state index is 0.416. The summed E-state index contributed by atoms with van der Waals surface area (Å²) in [6, 6.07) is 6.52. The number of rotatable bonds is 6. The average Bonchev–Trinajstić information content (AvgIpc) is 2.78. The zero-order chi connectivity index (χ0) is 13.0. The van der Waals surface area contributed by atoms with Gasteiger partial charge in [0, 0.05) is 36.2 Å². The van der Waals surface area contributed by atoms with Crippen LogP contribution < -0.4 is 15.8 Å². The fraction of sp³-hybridized carbons (Fsp3) is 0.429. The molecule has 0 saturated heterocycles. The molecule has 1 aromatic carbocycles. The van der Waals surface area contributed by atoms with Gasteiger partial charge >= 0.3 is 0 Å². The number of benzene rings is 1. The smallest absolute Gasteiger partial charge is 0.119 e. The predicted molar refractivity (Wildman–Crippen MR) is 75.1 cm³/mol. The summed E-state index contributed by atoms with van der Waals surface area (Å²) in [5, 5.41) is 4.63. The Morgan fingerprint density at radius 1 is 1.44 bits per heavy atom. The molecule has 4 nitrogen and oxygen atoms in total. The number of hydrogen-bond acceptors (Lipinski definition) is 3. The van der Waals surface area contributed by atoms with Crippen LogP contribution in [0.15, 0.2) is 24.4 Å². The lowest BCUT2D eigenvalue weighted by Crippen LogP contribution is -2.32. The van der Waals surface area contributed by atoms with Gasteiger partial charge in [-0.1, -0.05) is 0 Å². The van der Waals surface area contributed by atoms with E-state index in [0.29, 0.717) is 12.6 Å². The summed E-state index contributed by atoms with van der Waals surface area (Å²) >= 11 is 0. The first-order chi connectivity index (χ1) is 8.74. The average molecular weight is 247 g/mol. The summed E-state index contributed by atoms with van der Waals surface area (Å²) < 4.78 is 5.27. The molecule has 1 aromatic heterocycles. The van der Waals surface area contributed by atoms with Crippen LogP contribution in [0.5, 0.6) is 5.75 Å². The number of fused-ring (bicyclic) bond motifs is 1. The lowest BCUT2D eigenvalue weighted by molar-refractivity contribution is 0.415. The van der Waals surface area contributed by atoms with Gasteiger partial charge in [0.15, 0.2) is 0 Å². The van der Waals surface area contributed by atoms with Crippen LogP contribution in [0.1, 0.15) is 12.5 Å². The van der Waals surface area contributed by atoms with Crippen molar-refractivity contribution in [1.29, 1.82) is 0 Å². The van der Waals surface area contributed by atoms with Crippen molar-refractivity contribution >= 4 is 10.9 Å². The van der Waals surface area contributed by atoms with Crippen molar-refractivity contribution in [2.45, 2.75) is 19.4 Å². The molecule has 0 aliphatic heterocycles. The number of H-pyrrole nitrogens is 1. The summed E-state index contributed by atoms with van der Waals surface area (Å²) in [5.74, 6) is 0.894. The van der Waals surface area contributed by atoms with E-state index in [2.05, 4.69) is 35.6 Å². The van der Waals surface area contributed by atoms with Crippen molar-refractivity contribution in [2.24, 2.45) is 5.73 Å². The molecule has 2 aromatic rings. The maximum absolute atomic E-state index is 5.49. The van der Waals surface area contributed by atoms with Gasteiger partial charge in [-0.05, 0) is 37.1 Å². The molecule has 0 amide bonds. The highest BCUT2D eigenvalue weighted by Gasteiger charge is 2.08. The molecular weight excluding hydrogens is 226 g/mol. The molecule has 0 spiro atoms. The van der Waals surface area contributed by atoms with Gasteiger partial charge in [0.2, 0.25) is 0 Å². The van der Waals surface area contributed by atoms with Crippen molar-refractivity contribution in [2.75, 3.05) is 20.2 Å². The fourth-order valence-corrected chi connectivity index (χ4v) is 2.19. The third-order valence-electron chi connectivity index (χ3n) is 3.14. The standard InChI is InChI=1S/C14H21N3O/c1-10(16-6-5-15)7-11-9-17-14-4-3-12(18-2)8-13(11)14/h3-4,8-10,16-17H,5-7,15H2,1-2H3.